The van der Waals surface area contributed by atoms with E-state index in [2.05, 4.69) is 10.3 Å². The number of hydrogen-bond acceptors (Lipinski definition) is 2. The Bertz CT molecular complexity index is 406. The normalized spacial score (nSPS) is 10.1. The van der Waals surface area contributed by atoms with E-state index >= 15 is 0 Å². The minimum atomic E-state index is 0.0644. The maximum atomic E-state index is 11.5. The molecule has 0 aliphatic rings. The molecular formula is C11H12N2OS. The van der Waals surface area contributed by atoms with E-state index in [1.54, 1.807) is 11.3 Å². The van der Waals surface area contributed by atoms with Gasteiger partial charge in [0.1, 0.15) is 0 Å². The van der Waals surface area contributed by atoms with Crippen LogP contribution in [0.4, 0.5) is 0 Å². The molecule has 0 saturated heterocycles. The topological polar surface area (TPSA) is 44.9 Å². The Morgan fingerprint density at radius 2 is 2.33 bits per heavy atom. The lowest BCUT2D eigenvalue weighted by molar-refractivity contribution is -0.120. The van der Waals surface area contributed by atoms with Gasteiger partial charge in [0.15, 0.2) is 0 Å². The van der Waals surface area contributed by atoms with E-state index in [1.165, 1.54) is 0 Å². The van der Waals surface area contributed by atoms with Gasteiger partial charge in [0, 0.05) is 18.9 Å². The van der Waals surface area contributed by atoms with E-state index in [4.69, 9.17) is 0 Å². The summed E-state index contributed by atoms with van der Waals surface area (Å²) in [4.78, 5) is 14.4. The molecule has 2 rings (SSSR count). The van der Waals surface area contributed by atoms with Crippen molar-refractivity contribution in [3.8, 4) is 0 Å². The maximum Gasteiger partial charge on any atom is 0.224 e. The zero-order valence-corrected chi connectivity index (χ0v) is 9.01. The Morgan fingerprint density at radius 3 is 3.00 bits per heavy atom. The Morgan fingerprint density at radius 1 is 1.40 bits per heavy atom. The summed E-state index contributed by atoms with van der Waals surface area (Å²) < 4.78 is 0. The molecule has 3 nitrogen and oxygen atoms in total. The van der Waals surface area contributed by atoms with Crippen LogP contribution in [-0.2, 0) is 17.8 Å². The Hall–Kier alpha value is -1.55. The third kappa shape index (κ3) is 2.95. The van der Waals surface area contributed by atoms with Gasteiger partial charge in [-0.3, -0.25) is 4.79 Å². The van der Waals surface area contributed by atoms with Gasteiger partial charge in [-0.2, -0.15) is 11.3 Å². The second-order valence-electron chi connectivity index (χ2n) is 3.30. The van der Waals surface area contributed by atoms with Crippen LogP contribution in [0.15, 0.2) is 35.3 Å². The summed E-state index contributed by atoms with van der Waals surface area (Å²) in [6.45, 7) is 0.590. The predicted molar refractivity (Wildman–Crippen MR) is 60.7 cm³/mol. The average molecular weight is 220 g/mol. The first-order chi connectivity index (χ1) is 7.34. The van der Waals surface area contributed by atoms with Gasteiger partial charge in [0.05, 0.1) is 6.42 Å². The molecule has 2 N–H and O–H groups in total. The summed E-state index contributed by atoms with van der Waals surface area (Å²) in [6, 6.07) is 3.92. The number of amides is 1. The first-order valence-electron chi connectivity index (χ1n) is 4.74. The molecule has 0 aromatic carbocycles. The molecule has 0 aliphatic heterocycles. The molecule has 2 heterocycles. The van der Waals surface area contributed by atoms with Crippen molar-refractivity contribution in [2.75, 3.05) is 0 Å². The van der Waals surface area contributed by atoms with Crippen molar-refractivity contribution < 1.29 is 4.79 Å². The molecule has 78 valence electrons. The number of rotatable bonds is 4. The average Bonchev–Trinajstić information content (AvgIpc) is 2.86. The molecule has 0 unspecified atom stereocenters. The van der Waals surface area contributed by atoms with E-state index in [-0.39, 0.29) is 5.91 Å². The summed E-state index contributed by atoms with van der Waals surface area (Å²) in [5.41, 5.74) is 2.17. The van der Waals surface area contributed by atoms with Gasteiger partial charge in [0.25, 0.3) is 0 Å². The van der Waals surface area contributed by atoms with Gasteiger partial charge in [-0.15, -0.1) is 0 Å². The van der Waals surface area contributed by atoms with Gasteiger partial charge >= 0.3 is 0 Å². The highest BCUT2D eigenvalue weighted by atomic mass is 32.1. The number of hydrogen-bond donors (Lipinski definition) is 2. The van der Waals surface area contributed by atoms with Crippen molar-refractivity contribution in [3.63, 3.8) is 0 Å². The molecule has 0 atom stereocenters. The van der Waals surface area contributed by atoms with Gasteiger partial charge < -0.3 is 10.3 Å². The van der Waals surface area contributed by atoms with Crippen LogP contribution in [0.2, 0.25) is 0 Å². The lowest BCUT2D eigenvalue weighted by atomic mass is 10.2. The van der Waals surface area contributed by atoms with Crippen molar-refractivity contribution >= 4 is 17.2 Å². The van der Waals surface area contributed by atoms with Crippen molar-refractivity contribution in [1.82, 2.24) is 10.3 Å². The first kappa shape index (κ1) is 9.98. The quantitative estimate of drug-likeness (QED) is 0.812. The molecule has 2 aromatic heterocycles. The fourth-order valence-corrected chi connectivity index (χ4v) is 1.98. The Balaban J connectivity index is 1.78. The van der Waals surface area contributed by atoms with Gasteiger partial charge in [-0.05, 0) is 34.0 Å². The molecule has 15 heavy (non-hydrogen) atoms. The summed E-state index contributed by atoms with van der Waals surface area (Å²) in [5, 5.41) is 6.85. The molecular weight excluding hydrogens is 208 g/mol. The van der Waals surface area contributed by atoms with E-state index in [1.807, 2.05) is 35.3 Å². The van der Waals surface area contributed by atoms with E-state index in [9.17, 15) is 4.79 Å². The molecule has 0 bridgehead atoms. The van der Waals surface area contributed by atoms with E-state index in [0.29, 0.717) is 13.0 Å². The predicted octanol–water partition coefficient (Wildman–Crippen LogP) is 1.94. The number of aromatic amines is 1. The summed E-state index contributed by atoms with van der Waals surface area (Å²) in [7, 11) is 0. The highest BCUT2D eigenvalue weighted by Gasteiger charge is 2.03. The lowest BCUT2D eigenvalue weighted by Gasteiger charge is -2.01. The molecule has 4 heteroatoms. The number of carbonyl (C=O) groups is 1. The van der Waals surface area contributed by atoms with Gasteiger partial charge in [0.2, 0.25) is 5.91 Å². The smallest absolute Gasteiger partial charge is 0.224 e. The maximum absolute atomic E-state index is 11.5. The number of thiophene rings is 1. The van der Waals surface area contributed by atoms with Crippen LogP contribution < -0.4 is 5.32 Å². The SMILES string of the molecule is O=C(Cc1ccsc1)NCc1cc[nH]c1. The third-order valence-corrected chi connectivity index (χ3v) is 2.83. The Labute approximate surface area is 92.1 Å². The Kier molecular flexibility index (Phi) is 3.19. The van der Waals surface area contributed by atoms with Crippen LogP contribution in [0, 0.1) is 0 Å². The molecule has 0 radical (unpaired) electrons. The van der Waals surface area contributed by atoms with Gasteiger partial charge in [-0.25, -0.2) is 0 Å². The number of H-pyrrole nitrogens is 1. The highest BCUT2D eigenvalue weighted by molar-refractivity contribution is 7.07. The van der Waals surface area contributed by atoms with Crippen LogP contribution in [0.1, 0.15) is 11.1 Å². The summed E-state index contributed by atoms with van der Waals surface area (Å²) in [6.07, 6.45) is 4.19. The number of carbonyl (C=O) groups excluding carboxylic acids is 1. The molecule has 0 spiro atoms. The summed E-state index contributed by atoms with van der Waals surface area (Å²) in [5.74, 6) is 0.0644. The minimum Gasteiger partial charge on any atom is -0.367 e. The van der Waals surface area contributed by atoms with Gasteiger partial charge in [-0.1, -0.05) is 0 Å². The van der Waals surface area contributed by atoms with Crippen molar-refractivity contribution in [2.45, 2.75) is 13.0 Å². The molecule has 0 fully saturated rings. The molecule has 1 amide bonds. The van der Waals surface area contributed by atoms with E-state index in [0.717, 1.165) is 11.1 Å². The number of aromatic nitrogens is 1. The third-order valence-electron chi connectivity index (χ3n) is 2.10. The van der Waals surface area contributed by atoms with E-state index < -0.39 is 0 Å². The van der Waals surface area contributed by atoms with Crippen LogP contribution >= 0.6 is 11.3 Å². The second kappa shape index (κ2) is 4.79. The zero-order chi connectivity index (χ0) is 10.5. The highest BCUT2D eigenvalue weighted by Crippen LogP contribution is 2.06. The van der Waals surface area contributed by atoms with Crippen molar-refractivity contribution in [3.05, 3.63) is 46.4 Å². The van der Waals surface area contributed by atoms with Crippen molar-refractivity contribution in [2.24, 2.45) is 0 Å². The van der Waals surface area contributed by atoms with Crippen LogP contribution in [0.5, 0.6) is 0 Å². The fourth-order valence-electron chi connectivity index (χ4n) is 1.31. The first-order valence-corrected chi connectivity index (χ1v) is 5.68. The van der Waals surface area contributed by atoms with Crippen LogP contribution in [0.3, 0.4) is 0 Å². The lowest BCUT2D eigenvalue weighted by Crippen LogP contribution is -2.24. The second-order valence-corrected chi connectivity index (χ2v) is 4.08. The fraction of sp³-hybridized carbons (Fsp3) is 0.182. The van der Waals surface area contributed by atoms with Crippen molar-refractivity contribution in [1.29, 1.82) is 0 Å². The largest absolute Gasteiger partial charge is 0.367 e. The monoisotopic (exact) mass is 220 g/mol. The van der Waals surface area contributed by atoms with Crippen LogP contribution in [-0.4, -0.2) is 10.9 Å². The summed E-state index contributed by atoms with van der Waals surface area (Å²) >= 11 is 1.61. The molecule has 0 aliphatic carbocycles. The zero-order valence-electron chi connectivity index (χ0n) is 8.19. The van der Waals surface area contributed by atoms with Crippen LogP contribution in [0.25, 0.3) is 0 Å². The molecule has 0 saturated carbocycles. The molecule has 2 aromatic rings. The standard InChI is InChI=1S/C11H12N2OS/c14-11(5-9-2-4-15-8-9)13-7-10-1-3-12-6-10/h1-4,6,8,12H,5,7H2,(H,13,14). The number of nitrogens with one attached hydrogen (secondary N) is 2. The minimum absolute atomic E-state index is 0.0644.